The lowest BCUT2D eigenvalue weighted by Crippen LogP contribution is -2.39. The summed E-state index contributed by atoms with van der Waals surface area (Å²) in [5, 5.41) is 0.532. The number of alkyl halides is 1. The number of sulfonamides is 1. The van der Waals surface area contributed by atoms with Gasteiger partial charge in [-0.3, -0.25) is 0 Å². The van der Waals surface area contributed by atoms with E-state index < -0.39 is 15.8 Å². The van der Waals surface area contributed by atoms with E-state index in [1.165, 1.54) is 12.1 Å². The Morgan fingerprint density at radius 1 is 1.39 bits per heavy atom. The second-order valence-electron chi connectivity index (χ2n) is 4.54. The fourth-order valence-electron chi connectivity index (χ4n) is 1.52. The Morgan fingerprint density at radius 3 is 2.44 bits per heavy atom. The van der Waals surface area contributed by atoms with Crippen LogP contribution in [-0.2, 0) is 10.0 Å². The second-order valence-corrected chi connectivity index (χ2v) is 6.87. The van der Waals surface area contributed by atoms with Crippen LogP contribution >= 0.6 is 15.9 Å². The Kier molecular flexibility index (Phi) is 5.31. The molecule has 0 amide bonds. The molecule has 1 N–H and O–H groups in total. The van der Waals surface area contributed by atoms with Gasteiger partial charge >= 0.3 is 0 Å². The molecule has 102 valence electrons. The molecule has 3 nitrogen and oxygen atoms in total. The molecule has 0 bridgehead atoms. The first-order valence-electron chi connectivity index (χ1n) is 5.62. The van der Waals surface area contributed by atoms with E-state index in [0.29, 0.717) is 10.9 Å². The van der Waals surface area contributed by atoms with Gasteiger partial charge in [-0.05, 0) is 36.6 Å². The molecule has 1 atom stereocenters. The lowest BCUT2D eigenvalue weighted by Gasteiger charge is -2.20. The van der Waals surface area contributed by atoms with Crippen LogP contribution in [0.3, 0.4) is 0 Å². The highest BCUT2D eigenvalue weighted by Crippen LogP contribution is 2.18. The topological polar surface area (TPSA) is 46.2 Å². The lowest BCUT2D eigenvalue weighted by atomic mass is 10.1. The predicted molar refractivity (Wildman–Crippen MR) is 73.9 cm³/mol. The first-order valence-corrected chi connectivity index (χ1v) is 8.23. The molecule has 1 rings (SSSR count). The molecule has 6 heteroatoms. The Bertz CT molecular complexity index is 517. The maximum atomic E-state index is 13.0. The zero-order valence-corrected chi connectivity index (χ0v) is 13.0. The van der Waals surface area contributed by atoms with Crippen molar-refractivity contribution in [2.45, 2.75) is 31.7 Å². The van der Waals surface area contributed by atoms with E-state index in [-0.39, 0.29) is 16.9 Å². The van der Waals surface area contributed by atoms with Crippen molar-refractivity contribution in [2.75, 3.05) is 5.33 Å². The van der Waals surface area contributed by atoms with Crippen LogP contribution in [0.5, 0.6) is 0 Å². The summed E-state index contributed by atoms with van der Waals surface area (Å²) in [7, 11) is -3.61. The third-order valence-electron chi connectivity index (χ3n) is 2.70. The van der Waals surface area contributed by atoms with Crippen LogP contribution in [0, 0.1) is 18.7 Å². The monoisotopic (exact) mass is 337 g/mol. The standard InChI is InChI=1S/C12H17BrFNO2S/c1-8(2)11(7-13)15-18(16,17)12-5-4-10(14)6-9(12)3/h4-6,8,11,15H,7H2,1-3H3. The summed E-state index contributed by atoms with van der Waals surface area (Å²) >= 11 is 3.28. The highest BCUT2D eigenvalue weighted by molar-refractivity contribution is 9.09. The van der Waals surface area contributed by atoms with Crippen molar-refractivity contribution in [3.05, 3.63) is 29.6 Å². The molecule has 0 spiro atoms. The van der Waals surface area contributed by atoms with Gasteiger partial charge in [0.2, 0.25) is 10.0 Å². The molecule has 0 aliphatic heterocycles. The molecule has 18 heavy (non-hydrogen) atoms. The average Bonchev–Trinajstić information content (AvgIpc) is 2.24. The van der Waals surface area contributed by atoms with Crippen LogP contribution < -0.4 is 4.72 Å². The summed E-state index contributed by atoms with van der Waals surface area (Å²) < 4.78 is 40.0. The number of hydrogen-bond donors (Lipinski definition) is 1. The number of nitrogens with one attached hydrogen (secondary N) is 1. The van der Waals surface area contributed by atoms with E-state index in [2.05, 4.69) is 20.7 Å². The van der Waals surface area contributed by atoms with Crippen LogP contribution in [-0.4, -0.2) is 19.8 Å². The van der Waals surface area contributed by atoms with Crippen molar-refractivity contribution < 1.29 is 12.8 Å². The second kappa shape index (κ2) is 6.12. The maximum absolute atomic E-state index is 13.0. The number of aryl methyl sites for hydroxylation is 1. The lowest BCUT2D eigenvalue weighted by molar-refractivity contribution is 0.483. The minimum Gasteiger partial charge on any atom is -0.207 e. The van der Waals surface area contributed by atoms with E-state index in [1.807, 2.05) is 13.8 Å². The van der Waals surface area contributed by atoms with Gasteiger partial charge in [-0.25, -0.2) is 17.5 Å². The van der Waals surface area contributed by atoms with Crippen molar-refractivity contribution in [1.29, 1.82) is 0 Å². The third kappa shape index (κ3) is 3.76. The fourth-order valence-corrected chi connectivity index (χ4v) is 4.26. The van der Waals surface area contributed by atoms with Crippen LogP contribution in [0.15, 0.2) is 23.1 Å². The Morgan fingerprint density at radius 2 is 2.00 bits per heavy atom. The highest BCUT2D eigenvalue weighted by Gasteiger charge is 2.23. The number of halogens is 2. The quantitative estimate of drug-likeness (QED) is 0.839. The number of benzene rings is 1. The van der Waals surface area contributed by atoms with Crippen LogP contribution in [0.2, 0.25) is 0 Å². The summed E-state index contributed by atoms with van der Waals surface area (Å²) in [5.41, 5.74) is 0.402. The highest BCUT2D eigenvalue weighted by atomic mass is 79.9. The molecule has 0 aliphatic carbocycles. The van der Waals surface area contributed by atoms with E-state index in [1.54, 1.807) is 6.92 Å². The summed E-state index contributed by atoms with van der Waals surface area (Å²) in [6.45, 7) is 5.45. The Balaban J connectivity index is 3.06. The smallest absolute Gasteiger partial charge is 0.207 e. The van der Waals surface area contributed by atoms with Crippen molar-refractivity contribution in [3.63, 3.8) is 0 Å². The molecule has 1 unspecified atom stereocenters. The molecule has 0 aliphatic rings. The number of rotatable bonds is 5. The van der Waals surface area contributed by atoms with Crippen LogP contribution in [0.1, 0.15) is 19.4 Å². The van der Waals surface area contributed by atoms with E-state index >= 15 is 0 Å². The fraction of sp³-hybridized carbons (Fsp3) is 0.500. The first kappa shape index (κ1) is 15.6. The predicted octanol–water partition coefficient (Wildman–Crippen LogP) is 2.83. The molecule has 0 saturated heterocycles. The van der Waals surface area contributed by atoms with Gasteiger partial charge < -0.3 is 0 Å². The van der Waals surface area contributed by atoms with Gasteiger partial charge in [-0.2, -0.15) is 0 Å². The largest absolute Gasteiger partial charge is 0.241 e. The minimum absolute atomic E-state index is 0.121. The molecule has 1 aromatic rings. The van der Waals surface area contributed by atoms with Crippen molar-refractivity contribution >= 4 is 26.0 Å². The molecule has 0 aromatic heterocycles. The molecule has 1 aromatic carbocycles. The molecule has 0 radical (unpaired) electrons. The third-order valence-corrected chi connectivity index (χ3v) is 5.05. The maximum Gasteiger partial charge on any atom is 0.241 e. The summed E-state index contributed by atoms with van der Waals surface area (Å²) in [6.07, 6.45) is 0. The van der Waals surface area contributed by atoms with Gasteiger partial charge in [0.05, 0.1) is 4.90 Å². The van der Waals surface area contributed by atoms with Gasteiger partial charge in [-0.15, -0.1) is 0 Å². The zero-order valence-electron chi connectivity index (χ0n) is 10.6. The summed E-state index contributed by atoms with van der Waals surface area (Å²) in [6, 6.07) is 3.46. The molecule has 0 saturated carbocycles. The minimum atomic E-state index is -3.61. The van der Waals surface area contributed by atoms with E-state index in [4.69, 9.17) is 0 Å². The zero-order chi connectivity index (χ0) is 13.9. The van der Waals surface area contributed by atoms with Crippen molar-refractivity contribution in [3.8, 4) is 0 Å². The van der Waals surface area contributed by atoms with Gasteiger partial charge in [0, 0.05) is 11.4 Å². The van der Waals surface area contributed by atoms with Crippen molar-refractivity contribution in [2.24, 2.45) is 5.92 Å². The van der Waals surface area contributed by atoms with E-state index in [9.17, 15) is 12.8 Å². The molecular weight excluding hydrogens is 321 g/mol. The van der Waals surface area contributed by atoms with Crippen molar-refractivity contribution in [1.82, 2.24) is 4.72 Å². The normalized spacial score (nSPS) is 13.9. The van der Waals surface area contributed by atoms with Crippen LogP contribution in [0.4, 0.5) is 4.39 Å². The van der Waals surface area contributed by atoms with Gasteiger partial charge in [0.15, 0.2) is 0 Å². The van der Waals surface area contributed by atoms with Gasteiger partial charge in [0.25, 0.3) is 0 Å². The van der Waals surface area contributed by atoms with Gasteiger partial charge in [0.1, 0.15) is 5.82 Å². The molecular formula is C12H17BrFNO2S. The number of hydrogen-bond acceptors (Lipinski definition) is 2. The van der Waals surface area contributed by atoms with Crippen LogP contribution in [0.25, 0.3) is 0 Å². The average molecular weight is 338 g/mol. The summed E-state index contributed by atoms with van der Waals surface area (Å²) in [4.78, 5) is 0.121. The molecule has 0 fully saturated rings. The Labute approximate surface area is 116 Å². The molecule has 0 heterocycles. The SMILES string of the molecule is Cc1cc(F)ccc1S(=O)(=O)NC(CBr)C(C)C. The first-order chi connectivity index (χ1) is 8.27. The Hall–Kier alpha value is -0.460. The summed E-state index contributed by atoms with van der Waals surface area (Å²) in [5.74, 6) is -0.271. The van der Waals surface area contributed by atoms with Gasteiger partial charge in [-0.1, -0.05) is 29.8 Å². The van der Waals surface area contributed by atoms with E-state index in [0.717, 1.165) is 6.07 Å².